The predicted molar refractivity (Wildman–Crippen MR) is 128 cm³/mol. The number of rotatable bonds is 7. The fraction of sp³-hybridized carbons (Fsp3) is 0.458. The van der Waals surface area contributed by atoms with E-state index in [0.717, 1.165) is 56.6 Å². The van der Waals surface area contributed by atoms with Crippen LogP contribution in [-0.2, 0) is 16.0 Å². The third-order valence-electron chi connectivity index (χ3n) is 6.30. The average Bonchev–Trinajstić information content (AvgIpc) is 3.41. The molecule has 0 atom stereocenters. The lowest BCUT2D eigenvalue weighted by Gasteiger charge is -2.35. The van der Waals surface area contributed by atoms with Gasteiger partial charge in [-0.3, -0.25) is 4.79 Å². The van der Waals surface area contributed by atoms with Crippen LogP contribution in [0.5, 0.6) is 5.75 Å². The van der Waals surface area contributed by atoms with E-state index < -0.39 is 0 Å². The van der Waals surface area contributed by atoms with E-state index in [1.807, 2.05) is 41.3 Å². The summed E-state index contributed by atoms with van der Waals surface area (Å²) >= 11 is 0. The quantitative estimate of drug-likeness (QED) is 0.496. The van der Waals surface area contributed by atoms with Gasteiger partial charge in [0.25, 0.3) is 0 Å². The molecule has 0 radical (unpaired) electrons. The minimum atomic E-state index is 0.0791. The number of carbonyl (C=O) groups is 1. The van der Waals surface area contributed by atoms with Crippen LogP contribution in [0.1, 0.15) is 12.3 Å². The smallest absolute Gasteiger partial charge is 0.227 e. The number of hydrogen-bond donors (Lipinski definition) is 0. The summed E-state index contributed by atoms with van der Waals surface area (Å²) in [6.07, 6.45) is 0.720. The van der Waals surface area contributed by atoms with Gasteiger partial charge in [-0.1, -0.05) is 17.3 Å². The Morgan fingerprint density at radius 2 is 1.63 bits per heavy atom. The molecule has 35 heavy (non-hydrogen) atoms. The van der Waals surface area contributed by atoms with Crippen LogP contribution >= 0.6 is 0 Å². The van der Waals surface area contributed by atoms with Crippen molar-refractivity contribution >= 4 is 17.5 Å². The van der Waals surface area contributed by atoms with Gasteiger partial charge >= 0.3 is 0 Å². The number of nitrogens with zero attached hydrogens (tertiary/aromatic N) is 7. The van der Waals surface area contributed by atoms with Crippen molar-refractivity contribution in [1.29, 1.82) is 0 Å². The third-order valence-corrected chi connectivity index (χ3v) is 6.30. The molecule has 184 valence electrons. The first kappa shape index (κ1) is 23.0. The highest BCUT2D eigenvalue weighted by Crippen LogP contribution is 2.27. The maximum atomic E-state index is 12.8. The first-order valence-corrected chi connectivity index (χ1v) is 11.9. The van der Waals surface area contributed by atoms with Crippen molar-refractivity contribution in [2.45, 2.75) is 12.8 Å². The average molecular weight is 480 g/mol. The summed E-state index contributed by atoms with van der Waals surface area (Å²) in [7, 11) is 1.60. The molecule has 2 fully saturated rings. The molecule has 0 bridgehead atoms. The van der Waals surface area contributed by atoms with E-state index in [2.05, 4.69) is 30.1 Å². The zero-order valence-electron chi connectivity index (χ0n) is 19.8. The van der Waals surface area contributed by atoms with Crippen LogP contribution in [0.4, 0.5) is 11.6 Å². The molecule has 4 heterocycles. The van der Waals surface area contributed by atoms with Gasteiger partial charge in [0, 0.05) is 52.1 Å². The molecule has 1 aromatic carbocycles. The van der Waals surface area contributed by atoms with Crippen molar-refractivity contribution < 1.29 is 18.8 Å². The van der Waals surface area contributed by atoms with Crippen LogP contribution in [0, 0.1) is 0 Å². The normalized spacial score (nSPS) is 16.4. The number of ether oxygens (including phenoxy) is 2. The standard InChI is InChI=1S/C24H29N7O4/c1-33-19-5-3-2-4-18(19)24-25-22(35-28-24)8-9-23(32)31-12-10-29(11-13-31)20-6-7-21(27-26-20)30-14-16-34-17-15-30/h2-7H,8-17H2,1H3. The predicted octanol–water partition coefficient (Wildman–Crippen LogP) is 1.65. The molecule has 0 N–H and O–H groups in total. The Morgan fingerprint density at radius 3 is 2.31 bits per heavy atom. The summed E-state index contributed by atoms with van der Waals surface area (Å²) in [5, 5.41) is 12.9. The zero-order chi connectivity index (χ0) is 24.0. The van der Waals surface area contributed by atoms with E-state index >= 15 is 0 Å². The molecule has 2 aliphatic heterocycles. The van der Waals surface area contributed by atoms with E-state index in [0.29, 0.717) is 43.4 Å². The Bertz CT molecular complexity index is 1120. The minimum absolute atomic E-state index is 0.0791. The van der Waals surface area contributed by atoms with Gasteiger partial charge in [0.2, 0.25) is 17.6 Å². The Labute approximate surface area is 203 Å². The highest BCUT2D eigenvalue weighted by atomic mass is 16.5. The maximum absolute atomic E-state index is 12.8. The second-order valence-corrected chi connectivity index (χ2v) is 8.43. The second-order valence-electron chi connectivity index (χ2n) is 8.43. The molecular formula is C24H29N7O4. The summed E-state index contributed by atoms with van der Waals surface area (Å²) in [5.74, 6) is 3.36. The van der Waals surface area contributed by atoms with Gasteiger partial charge in [0.05, 0.1) is 25.9 Å². The summed E-state index contributed by atoms with van der Waals surface area (Å²) in [5.41, 5.74) is 0.758. The van der Waals surface area contributed by atoms with Gasteiger partial charge in [-0.25, -0.2) is 0 Å². The molecule has 2 aliphatic rings. The molecule has 1 amide bonds. The van der Waals surface area contributed by atoms with Crippen molar-refractivity contribution in [3.63, 3.8) is 0 Å². The number of carbonyl (C=O) groups excluding carboxylic acids is 1. The maximum Gasteiger partial charge on any atom is 0.227 e. The summed E-state index contributed by atoms with van der Waals surface area (Å²) in [6.45, 7) is 5.82. The van der Waals surface area contributed by atoms with Gasteiger partial charge in [0.15, 0.2) is 11.6 Å². The number of anilines is 2. The van der Waals surface area contributed by atoms with E-state index in [9.17, 15) is 4.79 Å². The monoisotopic (exact) mass is 479 g/mol. The Hall–Kier alpha value is -3.73. The van der Waals surface area contributed by atoms with Crippen LogP contribution in [0.3, 0.4) is 0 Å². The van der Waals surface area contributed by atoms with Crippen LogP contribution in [0.15, 0.2) is 40.9 Å². The number of methoxy groups -OCH3 is 1. The first-order valence-electron chi connectivity index (χ1n) is 11.9. The van der Waals surface area contributed by atoms with Gasteiger partial charge in [-0.15, -0.1) is 10.2 Å². The lowest BCUT2D eigenvalue weighted by molar-refractivity contribution is -0.131. The first-order chi connectivity index (χ1) is 17.2. The fourth-order valence-corrected chi connectivity index (χ4v) is 4.30. The number of aromatic nitrogens is 4. The topological polar surface area (TPSA) is 110 Å². The lowest BCUT2D eigenvalue weighted by atomic mass is 10.2. The molecule has 0 aliphatic carbocycles. The molecule has 0 saturated carbocycles. The largest absolute Gasteiger partial charge is 0.496 e. The van der Waals surface area contributed by atoms with E-state index in [4.69, 9.17) is 14.0 Å². The number of aryl methyl sites for hydroxylation is 1. The summed E-state index contributed by atoms with van der Waals surface area (Å²) in [6, 6.07) is 11.5. The SMILES string of the molecule is COc1ccccc1-c1noc(CCC(=O)N2CCN(c3ccc(N4CCOCC4)nn3)CC2)n1. The Balaban J connectivity index is 1.10. The molecule has 11 nitrogen and oxygen atoms in total. The Morgan fingerprint density at radius 1 is 0.943 bits per heavy atom. The highest BCUT2D eigenvalue weighted by Gasteiger charge is 2.23. The fourth-order valence-electron chi connectivity index (χ4n) is 4.30. The van der Waals surface area contributed by atoms with Crippen molar-refractivity contribution in [1.82, 2.24) is 25.2 Å². The van der Waals surface area contributed by atoms with Gasteiger partial charge in [-0.2, -0.15) is 4.98 Å². The highest BCUT2D eigenvalue weighted by molar-refractivity contribution is 5.76. The minimum Gasteiger partial charge on any atom is -0.496 e. The number of para-hydroxylation sites is 1. The summed E-state index contributed by atoms with van der Waals surface area (Å²) < 4.78 is 16.1. The third kappa shape index (κ3) is 5.35. The molecule has 2 aromatic heterocycles. The van der Waals surface area contributed by atoms with Crippen molar-refractivity contribution in [2.75, 3.05) is 69.4 Å². The number of amides is 1. The molecule has 0 unspecified atom stereocenters. The Kier molecular flexibility index (Phi) is 7.03. The van der Waals surface area contributed by atoms with E-state index in [-0.39, 0.29) is 5.91 Å². The van der Waals surface area contributed by atoms with Crippen LogP contribution in [0.2, 0.25) is 0 Å². The van der Waals surface area contributed by atoms with Crippen molar-refractivity contribution in [2.24, 2.45) is 0 Å². The number of hydrogen-bond acceptors (Lipinski definition) is 10. The zero-order valence-corrected chi connectivity index (χ0v) is 19.8. The van der Waals surface area contributed by atoms with Crippen LogP contribution in [0.25, 0.3) is 11.4 Å². The van der Waals surface area contributed by atoms with Crippen molar-refractivity contribution in [3.8, 4) is 17.1 Å². The molecule has 3 aromatic rings. The summed E-state index contributed by atoms with van der Waals surface area (Å²) in [4.78, 5) is 23.4. The van der Waals surface area contributed by atoms with E-state index in [1.54, 1.807) is 7.11 Å². The molecule has 11 heteroatoms. The van der Waals surface area contributed by atoms with Gasteiger partial charge < -0.3 is 28.7 Å². The molecule has 5 rings (SSSR count). The van der Waals surface area contributed by atoms with Crippen LogP contribution in [-0.4, -0.2) is 90.7 Å². The lowest BCUT2D eigenvalue weighted by Crippen LogP contribution is -2.49. The number of morpholine rings is 1. The van der Waals surface area contributed by atoms with Crippen molar-refractivity contribution in [3.05, 3.63) is 42.3 Å². The molecule has 2 saturated heterocycles. The number of piperazine rings is 1. The number of benzene rings is 1. The van der Waals surface area contributed by atoms with Crippen LogP contribution < -0.4 is 14.5 Å². The van der Waals surface area contributed by atoms with Gasteiger partial charge in [-0.05, 0) is 24.3 Å². The van der Waals surface area contributed by atoms with Gasteiger partial charge in [0.1, 0.15) is 5.75 Å². The second kappa shape index (κ2) is 10.7. The van der Waals surface area contributed by atoms with E-state index in [1.165, 1.54) is 0 Å². The molecule has 0 spiro atoms. The molecular weight excluding hydrogens is 450 g/mol.